The summed E-state index contributed by atoms with van der Waals surface area (Å²) in [5.41, 5.74) is 1.78. The van der Waals surface area contributed by atoms with Crippen LogP contribution in [0.2, 0.25) is 0 Å². The Morgan fingerprint density at radius 3 is 2.50 bits per heavy atom. The highest BCUT2D eigenvalue weighted by molar-refractivity contribution is 5.75. The van der Waals surface area contributed by atoms with Crippen LogP contribution in [0, 0.1) is 0 Å². The summed E-state index contributed by atoms with van der Waals surface area (Å²) in [4.78, 5) is 10.9. The lowest BCUT2D eigenvalue weighted by Gasteiger charge is -2.05. The third-order valence-corrected chi connectivity index (χ3v) is 2.10. The molecule has 0 unspecified atom stereocenters. The van der Waals surface area contributed by atoms with E-state index in [1.807, 2.05) is 6.08 Å². The van der Waals surface area contributed by atoms with Crippen molar-refractivity contribution >= 4 is 5.78 Å². The fourth-order valence-electron chi connectivity index (χ4n) is 1.34. The van der Waals surface area contributed by atoms with Crippen LogP contribution < -0.4 is 0 Å². The maximum Gasteiger partial charge on any atom is 0.261 e. The van der Waals surface area contributed by atoms with Crippen molar-refractivity contribution in [1.82, 2.24) is 0 Å². The van der Waals surface area contributed by atoms with E-state index in [-0.39, 0.29) is 12.4 Å². The van der Waals surface area contributed by atoms with Crippen LogP contribution in [0.5, 0.6) is 0 Å². The number of carbonyl (C=O) groups excluding carboxylic acids is 1. The number of hydrogen-bond donors (Lipinski definition) is 0. The number of hydrogen-bond acceptors (Lipinski definition) is 2. The Labute approximate surface area is 107 Å². The van der Waals surface area contributed by atoms with Crippen LogP contribution in [0.3, 0.4) is 0 Å². The molecule has 0 radical (unpaired) electrons. The predicted octanol–water partition coefficient (Wildman–Crippen LogP) is 3.70. The van der Waals surface area contributed by atoms with Crippen molar-refractivity contribution in [2.75, 3.05) is 13.2 Å². The largest absolute Gasteiger partial charge is 0.371 e. The molecule has 0 N–H and O–H groups in total. The van der Waals surface area contributed by atoms with E-state index >= 15 is 0 Å². The van der Waals surface area contributed by atoms with E-state index in [1.54, 1.807) is 19.1 Å². The van der Waals surface area contributed by atoms with E-state index in [4.69, 9.17) is 4.74 Å². The first-order valence-corrected chi connectivity index (χ1v) is 5.79. The van der Waals surface area contributed by atoms with Crippen molar-refractivity contribution in [3.63, 3.8) is 0 Å². The molecule has 102 valence electrons. The molecule has 0 amide bonds. The number of alkyl halides is 2. The van der Waals surface area contributed by atoms with E-state index in [1.165, 1.54) is 6.92 Å². The minimum absolute atomic E-state index is 0.116. The molecule has 0 bridgehead atoms. The second-order valence-corrected chi connectivity index (χ2v) is 4.08. The number of ether oxygens (including phenoxy) is 1. The van der Waals surface area contributed by atoms with E-state index < -0.39 is 13.0 Å². The zero-order valence-electron chi connectivity index (χ0n) is 10.9. The lowest BCUT2D eigenvalue weighted by molar-refractivity contribution is -0.116. The first kappa shape index (κ1) is 16.7. The van der Waals surface area contributed by atoms with Gasteiger partial charge in [0.05, 0.1) is 6.61 Å². The van der Waals surface area contributed by atoms with Crippen molar-refractivity contribution in [3.8, 4) is 0 Å². The number of allylic oxidation sites excluding steroid dienone is 4. The van der Waals surface area contributed by atoms with Crippen molar-refractivity contribution in [1.29, 1.82) is 0 Å². The SMILES string of the molecule is C=C/C=C(\C=C(\C)COCC(F)F)CCC(C)=O. The Morgan fingerprint density at radius 2 is 2.00 bits per heavy atom. The summed E-state index contributed by atoms with van der Waals surface area (Å²) in [6.45, 7) is 6.55. The third kappa shape index (κ3) is 9.90. The fraction of sp³-hybridized carbons (Fsp3) is 0.500. The standard InChI is InChI=1S/C14H20F2O2/c1-4-5-13(7-6-12(3)17)8-11(2)9-18-10-14(15)16/h4-5,8,14H,1,6-7,9-10H2,2-3H3/b11-8-,13-5-. The molecule has 0 fully saturated rings. The average Bonchev–Trinajstić information content (AvgIpc) is 2.25. The molecule has 0 saturated carbocycles. The third-order valence-electron chi connectivity index (χ3n) is 2.10. The van der Waals surface area contributed by atoms with E-state index in [0.29, 0.717) is 12.8 Å². The molecule has 0 spiro atoms. The molecule has 0 aliphatic rings. The van der Waals surface area contributed by atoms with Gasteiger partial charge < -0.3 is 9.53 Å². The van der Waals surface area contributed by atoms with Crippen LogP contribution in [0.25, 0.3) is 0 Å². The average molecular weight is 258 g/mol. The second kappa shape index (κ2) is 9.71. The lowest BCUT2D eigenvalue weighted by atomic mass is 10.1. The molecule has 0 aromatic rings. The maximum atomic E-state index is 11.9. The van der Waals surface area contributed by atoms with Crippen LogP contribution >= 0.6 is 0 Å². The van der Waals surface area contributed by atoms with Gasteiger partial charge in [0.15, 0.2) is 0 Å². The molecule has 0 aromatic carbocycles. The highest BCUT2D eigenvalue weighted by Gasteiger charge is 2.02. The normalized spacial score (nSPS) is 12.9. The topological polar surface area (TPSA) is 26.3 Å². The molecular formula is C14H20F2O2. The van der Waals surface area contributed by atoms with E-state index in [9.17, 15) is 13.6 Å². The van der Waals surface area contributed by atoms with Crippen molar-refractivity contribution < 1.29 is 18.3 Å². The van der Waals surface area contributed by atoms with Gasteiger partial charge >= 0.3 is 0 Å². The highest BCUT2D eigenvalue weighted by Crippen LogP contribution is 2.11. The first-order valence-electron chi connectivity index (χ1n) is 5.79. The summed E-state index contributed by atoms with van der Waals surface area (Å²) < 4.78 is 28.6. The Balaban J connectivity index is 4.31. The summed E-state index contributed by atoms with van der Waals surface area (Å²) in [7, 11) is 0. The van der Waals surface area contributed by atoms with Gasteiger partial charge in [-0.2, -0.15) is 0 Å². The smallest absolute Gasteiger partial charge is 0.261 e. The molecule has 0 heterocycles. The van der Waals surface area contributed by atoms with Crippen LogP contribution in [-0.4, -0.2) is 25.4 Å². The lowest BCUT2D eigenvalue weighted by Crippen LogP contribution is -2.06. The number of Topliss-reactive ketones (excluding diaryl/α,β-unsaturated/α-hetero) is 1. The van der Waals surface area contributed by atoms with Gasteiger partial charge in [0.2, 0.25) is 0 Å². The summed E-state index contributed by atoms with van der Waals surface area (Å²) in [5.74, 6) is 0.116. The quantitative estimate of drug-likeness (QED) is 0.589. The summed E-state index contributed by atoms with van der Waals surface area (Å²) in [6, 6.07) is 0. The Kier molecular flexibility index (Phi) is 9.01. The molecule has 0 rings (SSSR count). The number of carbonyl (C=O) groups is 1. The van der Waals surface area contributed by atoms with Crippen LogP contribution in [-0.2, 0) is 9.53 Å². The number of ketones is 1. The van der Waals surface area contributed by atoms with Gasteiger partial charge in [0.25, 0.3) is 6.43 Å². The predicted molar refractivity (Wildman–Crippen MR) is 68.8 cm³/mol. The van der Waals surface area contributed by atoms with Crippen LogP contribution in [0.15, 0.2) is 36.0 Å². The van der Waals surface area contributed by atoms with Crippen LogP contribution in [0.1, 0.15) is 26.7 Å². The molecule has 0 aliphatic carbocycles. The molecule has 2 nitrogen and oxygen atoms in total. The summed E-state index contributed by atoms with van der Waals surface area (Å²) in [5, 5.41) is 0. The number of halogens is 2. The Bertz CT molecular complexity index is 331. The van der Waals surface area contributed by atoms with Gasteiger partial charge in [-0.05, 0) is 31.4 Å². The molecular weight excluding hydrogens is 238 g/mol. The zero-order valence-corrected chi connectivity index (χ0v) is 10.9. The van der Waals surface area contributed by atoms with Gasteiger partial charge in [-0.15, -0.1) is 0 Å². The minimum atomic E-state index is -2.45. The molecule has 0 saturated heterocycles. The van der Waals surface area contributed by atoms with Gasteiger partial charge in [-0.1, -0.05) is 24.8 Å². The van der Waals surface area contributed by atoms with E-state index in [0.717, 1.165) is 11.1 Å². The first-order chi connectivity index (χ1) is 8.45. The van der Waals surface area contributed by atoms with Gasteiger partial charge in [-0.25, -0.2) is 8.78 Å². The number of rotatable bonds is 9. The second-order valence-electron chi connectivity index (χ2n) is 4.08. The van der Waals surface area contributed by atoms with Gasteiger partial charge in [0, 0.05) is 6.42 Å². The molecule has 18 heavy (non-hydrogen) atoms. The van der Waals surface area contributed by atoms with Gasteiger partial charge in [-0.3, -0.25) is 0 Å². The summed E-state index contributed by atoms with van der Waals surface area (Å²) in [6.07, 6.45) is 3.92. The zero-order chi connectivity index (χ0) is 14.0. The monoisotopic (exact) mass is 258 g/mol. The molecule has 0 atom stereocenters. The van der Waals surface area contributed by atoms with Crippen molar-refractivity contribution in [2.45, 2.75) is 33.1 Å². The maximum absolute atomic E-state index is 11.9. The Morgan fingerprint density at radius 1 is 1.33 bits per heavy atom. The van der Waals surface area contributed by atoms with E-state index in [2.05, 4.69) is 6.58 Å². The molecule has 0 aliphatic heterocycles. The van der Waals surface area contributed by atoms with Crippen molar-refractivity contribution in [2.24, 2.45) is 0 Å². The highest BCUT2D eigenvalue weighted by atomic mass is 19.3. The van der Waals surface area contributed by atoms with Crippen LogP contribution in [0.4, 0.5) is 8.78 Å². The molecule has 0 aromatic heterocycles. The fourth-order valence-corrected chi connectivity index (χ4v) is 1.34. The summed E-state index contributed by atoms with van der Waals surface area (Å²) >= 11 is 0. The molecule has 4 heteroatoms. The van der Waals surface area contributed by atoms with Gasteiger partial charge in [0.1, 0.15) is 12.4 Å². The van der Waals surface area contributed by atoms with Crippen molar-refractivity contribution in [3.05, 3.63) is 36.0 Å². The minimum Gasteiger partial charge on any atom is -0.371 e. The Hall–Kier alpha value is -1.29.